The van der Waals surface area contributed by atoms with E-state index in [9.17, 15) is 24.3 Å². The largest absolute Gasteiger partial charge is 0.374 e. The molecule has 1 rings (SSSR count). The zero-order valence-corrected chi connectivity index (χ0v) is 16.5. The summed E-state index contributed by atoms with van der Waals surface area (Å²) in [6.45, 7) is 10.8. The number of aliphatic hydroxyl groups is 1. The first-order chi connectivity index (χ1) is 12.0. The number of hydrogen-bond donors (Lipinski definition) is 1. The van der Waals surface area contributed by atoms with Gasteiger partial charge in [0.1, 0.15) is 5.92 Å². The number of carbonyl (C=O) groups is 4. The lowest BCUT2D eigenvalue weighted by Gasteiger charge is -2.24. The summed E-state index contributed by atoms with van der Waals surface area (Å²) < 4.78 is 0. The van der Waals surface area contributed by atoms with Crippen LogP contribution in [-0.4, -0.2) is 33.8 Å². The van der Waals surface area contributed by atoms with E-state index in [0.29, 0.717) is 6.42 Å². The fraction of sp³-hybridized carbons (Fsp3) is 0.619. The van der Waals surface area contributed by atoms with Crippen molar-refractivity contribution in [3.8, 4) is 0 Å². The van der Waals surface area contributed by atoms with Gasteiger partial charge in [0, 0.05) is 5.92 Å². The van der Waals surface area contributed by atoms with Crippen LogP contribution in [0.5, 0.6) is 0 Å². The molecule has 26 heavy (non-hydrogen) atoms. The second kappa shape index (κ2) is 8.67. The van der Waals surface area contributed by atoms with Gasteiger partial charge in [0.15, 0.2) is 28.7 Å². The molecule has 5 nitrogen and oxygen atoms in total. The minimum absolute atomic E-state index is 0.0449. The van der Waals surface area contributed by atoms with Crippen LogP contribution >= 0.6 is 0 Å². The summed E-state index contributed by atoms with van der Waals surface area (Å²) in [5.41, 5.74) is -1.57. The van der Waals surface area contributed by atoms with Crippen molar-refractivity contribution in [2.24, 2.45) is 23.7 Å². The van der Waals surface area contributed by atoms with Gasteiger partial charge in [0.25, 0.3) is 0 Å². The highest BCUT2D eigenvalue weighted by atomic mass is 16.3. The van der Waals surface area contributed by atoms with Gasteiger partial charge >= 0.3 is 0 Å². The summed E-state index contributed by atoms with van der Waals surface area (Å²) in [7, 11) is 0. The lowest BCUT2D eigenvalue weighted by atomic mass is 9.82. The Kier molecular flexibility index (Phi) is 7.39. The molecule has 1 N–H and O–H groups in total. The highest BCUT2D eigenvalue weighted by molar-refractivity contribution is 6.35. The molecule has 0 saturated heterocycles. The van der Waals surface area contributed by atoms with Crippen LogP contribution in [0.3, 0.4) is 0 Å². The molecule has 144 valence electrons. The highest BCUT2D eigenvalue weighted by Crippen LogP contribution is 2.39. The van der Waals surface area contributed by atoms with E-state index < -0.39 is 46.5 Å². The molecule has 3 unspecified atom stereocenters. The minimum Gasteiger partial charge on any atom is -0.374 e. The van der Waals surface area contributed by atoms with E-state index in [1.165, 1.54) is 0 Å². The molecule has 0 aliphatic heterocycles. The third-order valence-corrected chi connectivity index (χ3v) is 4.92. The molecule has 5 heteroatoms. The fourth-order valence-electron chi connectivity index (χ4n) is 3.02. The van der Waals surface area contributed by atoms with Crippen LogP contribution in [0.1, 0.15) is 54.4 Å². The summed E-state index contributed by atoms with van der Waals surface area (Å²) in [6.07, 6.45) is 4.96. The van der Waals surface area contributed by atoms with Gasteiger partial charge in [-0.25, -0.2) is 0 Å². The molecule has 1 saturated carbocycles. The quantitative estimate of drug-likeness (QED) is 0.407. The van der Waals surface area contributed by atoms with Gasteiger partial charge in [-0.1, -0.05) is 45.4 Å². The van der Waals surface area contributed by atoms with Crippen LogP contribution in [-0.2, 0) is 19.2 Å². The molecule has 1 fully saturated rings. The summed E-state index contributed by atoms with van der Waals surface area (Å²) in [6, 6.07) is 0. The van der Waals surface area contributed by atoms with Gasteiger partial charge in [-0.2, -0.15) is 0 Å². The molecule has 0 amide bonds. The lowest BCUT2D eigenvalue weighted by Crippen LogP contribution is -2.49. The second-order valence-electron chi connectivity index (χ2n) is 7.71. The topological polar surface area (TPSA) is 88.5 Å². The standard InChI is InChI=1S/C21H30O5/c1-7-14(6)18(23)17-19(24)15(10-8-12(2)3)21(26,20(17)25)16(22)11-9-13(4)5/h8-9,11,13-15,17,26H,7,10H2,1-6H3/b11-9+/t14?,15-,17?,21?/m1/s1. The van der Waals surface area contributed by atoms with E-state index in [0.717, 1.165) is 11.6 Å². The summed E-state index contributed by atoms with van der Waals surface area (Å²) in [5.74, 6) is -6.18. The minimum atomic E-state index is -2.47. The van der Waals surface area contributed by atoms with E-state index >= 15 is 0 Å². The Labute approximate surface area is 155 Å². The Morgan fingerprint density at radius 2 is 1.77 bits per heavy atom. The molecule has 0 aromatic carbocycles. The normalized spacial score (nSPS) is 27.2. The van der Waals surface area contributed by atoms with Crippen LogP contribution in [0.15, 0.2) is 23.8 Å². The molecule has 4 atom stereocenters. The Hall–Kier alpha value is -1.88. The van der Waals surface area contributed by atoms with Crippen molar-refractivity contribution in [2.75, 3.05) is 0 Å². The molecule has 1 aliphatic rings. The van der Waals surface area contributed by atoms with Crippen LogP contribution in [0.2, 0.25) is 0 Å². The molecule has 0 radical (unpaired) electrons. The molecule has 0 bridgehead atoms. The third kappa shape index (κ3) is 4.26. The van der Waals surface area contributed by atoms with Crippen molar-refractivity contribution in [3.63, 3.8) is 0 Å². The van der Waals surface area contributed by atoms with Crippen molar-refractivity contribution in [1.82, 2.24) is 0 Å². The Morgan fingerprint density at radius 3 is 2.23 bits per heavy atom. The number of hydrogen-bond acceptors (Lipinski definition) is 5. The number of rotatable bonds is 8. The molecular weight excluding hydrogens is 332 g/mol. The number of carbonyl (C=O) groups excluding carboxylic acids is 4. The smallest absolute Gasteiger partial charge is 0.196 e. The molecule has 0 aromatic rings. The summed E-state index contributed by atoms with van der Waals surface area (Å²) in [4.78, 5) is 50.9. The second-order valence-corrected chi connectivity index (χ2v) is 7.71. The highest BCUT2D eigenvalue weighted by Gasteiger charge is 2.64. The van der Waals surface area contributed by atoms with E-state index in [1.54, 1.807) is 26.0 Å². The molecular formula is C21H30O5. The first-order valence-electron chi connectivity index (χ1n) is 9.18. The van der Waals surface area contributed by atoms with Crippen LogP contribution in [0, 0.1) is 23.7 Å². The van der Waals surface area contributed by atoms with E-state index in [1.807, 2.05) is 27.7 Å². The summed E-state index contributed by atoms with van der Waals surface area (Å²) >= 11 is 0. The first-order valence-corrected chi connectivity index (χ1v) is 9.18. The molecule has 0 aromatic heterocycles. The van der Waals surface area contributed by atoms with Crippen molar-refractivity contribution in [1.29, 1.82) is 0 Å². The fourth-order valence-corrected chi connectivity index (χ4v) is 3.02. The average Bonchev–Trinajstić information content (AvgIpc) is 2.76. The Bertz CT molecular complexity index is 651. The number of ketones is 4. The third-order valence-electron chi connectivity index (χ3n) is 4.92. The maximum Gasteiger partial charge on any atom is 0.196 e. The molecule has 0 heterocycles. The van der Waals surface area contributed by atoms with Crippen LogP contribution < -0.4 is 0 Å². The monoisotopic (exact) mass is 362 g/mol. The molecule has 0 spiro atoms. The van der Waals surface area contributed by atoms with Gasteiger partial charge < -0.3 is 5.11 Å². The van der Waals surface area contributed by atoms with Gasteiger partial charge in [-0.3, -0.25) is 19.2 Å². The van der Waals surface area contributed by atoms with Crippen molar-refractivity contribution >= 4 is 23.1 Å². The van der Waals surface area contributed by atoms with Crippen LogP contribution in [0.4, 0.5) is 0 Å². The van der Waals surface area contributed by atoms with Gasteiger partial charge in [0.05, 0.1) is 5.92 Å². The van der Waals surface area contributed by atoms with Crippen LogP contribution in [0.25, 0.3) is 0 Å². The predicted octanol–water partition coefficient (Wildman–Crippen LogP) is 2.85. The summed E-state index contributed by atoms with van der Waals surface area (Å²) in [5, 5.41) is 11.0. The van der Waals surface area contributed by atoms with Crippen molar-refractivity contribution in [3.05, 3.63) is 23.8 Å². The Morgan fingerprint density at radius 1 is 1.19 bits per heavy atom. The predicted molar refractivity (Wildman–Crippen MR) is 99.4 cm³/mol. The maximum absolute atomic E-state index is 12.9. The van der Waals surface area contributed by atoms with Crippen molar-refractivity contribution in [2.45, 2.75) is 60.0 Å². The average molecular weight is 362 g/mol. The molecule has 1 aliphatic carbocycles. The number of allylic oxidation sites excluding steroid dienone is 3. The first kappa shape index (κ1) is 22.2. The zero-order valence-electron chi connectivity index (χ0n) is 16.5. The SMILES string of the molecule is CCC(C)C(=O)C1C(=O)[C@@H](CC=C(C)C)C(O)(C(=O)/C=C/C(C)C)C1=O. The van der Waals surface area contributed by atoms with Gasteiger partial charge in [-0.15, -0.1) is 0 Å². The lowest BCUT2D eigenvalue weighted by molar-refractivity contribution is -0.151. The van der Waals surface area contributed by atoms with E-state index in [-0.39, 0.29) is 12.3 Å². The maximum atomic E-state index is 12.9. The number of Topliss-reactive ketones (excluding diaryl/α,β-unsaturated/α-hetero) is 3. The van der Waals surface area contributed by atoms with Gasteiger partial charge in [0.2, 0.25) is 0 Å². The van der Waals surface area contributed by atoms with Gasteiger partial charge in [-0.05, 0) is 38.7 Å². The Balaban J connectivity index is 3.40. The van der Waals surface area contributed by atoms with E-state index in [2.05, 4.69) is 0 Å². The van der Waals surface area contributed by atoms with Crippen molar-refractivity contribution < 1.29 is 24.3 Å². The van der Waals surface area contributed by atoms with E-state index in [4.69, 9.17) is 0 Å². The zero-order chi connectivity index (χ0) is 20.2.